The number of likely N-dealkylation sites (N-methyl/N-ethyl adjacent to an activating group) is 1. The van der Waals surface area contributed by atoms with Crippen LogP contribution >= 0.6 is 0 Å². The molecule has 0 saturated carbocycles. The maximum absolute atomic E-state index is 12.2. The minimum absolute atomic E-state index is 0.0254. The van der Waals surface area contributed by atoms with Crippen LogP contribution < -0.4 is 10.1 Å². The molecule has 1 aliphatic rings. The molecule has 4 heteroatoms. The molecule has 17 heavy (non-hydrogen) atoms. The number of hydrogen-bond acceptors (Lipinski definition) is 4. The molecule has 1 aromatic rings. The lowest BCUT2D eigenvalue weighted by Gasteiger charge is -2.35. The summed E-state index contributed by atoms with van der Waals surface area (Å²) in [6, 6.07) is 6.78. The van der Waals surface area contributed by atoms with Gasteiger partial charge in [0.05, 0.1) is 17.7 Å². The van der Waals surface area contributed by atoms with Crippen LogP contribution in [0.5, 0.6) is 5.75 Å². The largest absolute Gasteiger partial charge is 0.480 e. The van der Waals surface area contributed by atoms with Crippen LogP contribution in [0.3, 0.4) is 0 Å². The van der Waals surface area contributed by atoms with Crippen molar-refractivity contribution in [2.45, 2.75) is 25.5 Å². The highest BCUT2D eigenvalue weighted by Crippen LogP contribution is 2.37. The summed E-state index contributed by atoms with van der Waals surface area (Å²) in [6.07, 6.45) is 0. The SMILES string of the molecule is CNC1C(=O)C(C)(C)Oc2ccc(C#N)cc21. The van der Waals surface area contributed by atoms with Gasteiger partial charge >= 0.3 is 0 Å². The summed E-state index contributed by atoms with van der Waals surface area (Å²) in [7, 11) is 1.73. The number of fused-ring (bicyclic) bond motifs is 1. The Bertz CT molecular complexity index is 515. The fraction of sp³-hybridized carbons (Fsp3) is 0.385. The third-order valence-corrected chi connectivity index (χ3v) is 2.96. The normalized spacial score (nSPS) is 21.3. The van der Waals surface area contributed by atoms with Gasteiger partial charge in [-0.3, -0.25) is 4.79 Å². The first-order valence-electron chi connectivity index (χ1n) is 5.44. The lowest BCUT2D eigenvalue weighted by atomic mass is 9.87. The first-order valence-corrected chi connectivity index (χ1v) is 5.44. The summed E-state index contributed by atoms with van der Waals surface area (Å²) in [4.78, 5) is 12.2. The van der Waals surface area contributed by atoms with Gasteiger partial charge in [-0.1, -0.05) is 0 Å². The van der Waals surface area contributed by atoms with E-state index in [9.17, 15) is 4.79 Å². The molecular formula is C13H14N2O2. The van der Waals surface area contributed by atoms with Gasteiger partial charge < -0.3 is 10.1 Å². The first kappa shape index (κ1) is 11.6. The van der Waals surface area contributed by atoms with E-state index in [-0.39, 0.29) is 5.78 Å². The van der Waals surface area contributed by atoms with Crippen LogP contribution in [0, 0.1) is 11.3 Å². The van der Waals surface area contributed by atoms with Gasteiger partial charge in [0, 0.05) is 5.56 Å². The van der Waals surface area contributed by atoms with E-state index >= 15 is 0 Å². The molecule has 0 radical (unpaired) electrons. The second-order valence-corrected chi connectivity index (χ2v) is 4.56. The number of nitrogens with zero attached hydrogens (tertiary/aromatic N) is 1. The number of Topliss-reactive ketones (excluding diaryl/α,β-unsaturated/α-hetero) is 1. The predicted molar refractivity (Wildman–Crippen MR) is 62.7 cm³/mol. The van der Waals surface area contributed by atoms with Crippen LogP contribution in [0.15, 0.2) is 18.2 Å². The number of hydrogen-bond donors (Lipinski definition) is 1. The van der Waals surface area contributed by atoms with E-state index in [1.165, 1.54) is 0 Å². The topological polar surface area (TPSA) is 62.1 Å². The van der Waals surface area contributed by atoms with Crippen LogP contribution in [-0.4, -0.2) is 18.4 Å². The minimum atomic E-state index is -0.838. The van der Waals surface area contributed by atoms with Crippen LogP contribution in [-0.2, 0) is 4.79 Å². The van der Waals surface area contributed by atoms with E-state index in [4.69, 9.17) is 10.00 Å². The number of rotatable bonds is 1. The maximum Gasteiger partial charge on any atom is 0.197 e. The zero-order valence-corrected chi connectivity index (χ0v) is 10.1. The van der Waals surface area contributed by atoms with Crippen molar-refractivity contribution in [1.82, 2.24) is 5.32 Å². The van der Waals surface area contributed by atoms with E-state index in [0.717, 1.165) is 5.56 Å². The summed E-state index contributed by atoms with van der Waals surface area (Å²) >= 11 is 0. The molecule has 0 spiro atoms. The fourth-order valence-corrected chi connectivity index (χ4v) is 2.04. The standard InChI is InChI=1S/C13H14N2O2/c1-13(2)12(16)11(15-3)9-6-8(7-14)4-5-10(9)17-13/h4-6,11,15H,1-3H3. The van der Waals surface area contributed by atoms with Crippen LogP contribution in [0.1, 0.15) is 31.0 Å². The van der Waals surface area contributed by atoms with Crippen LogP contribution in [0.25, 0.3) is 0 Å². The average molecular weight is 230 g/mol. The third kappa shape index (κ3) is 1.79. The summed E-state index contributed by atoms with van der Waals surface area (Å²) in [6.45, 7) is 3.50. The van der Waals surface area contributed by atoms with Crippen molar-refractivity contribution >= 4 is 5.78 Å². The Hall–Kier alpha value is -1.86. The summed E-state index contributed by atoms with van der Waals surface area (Å²) in [5.41, 5.74) is 0.422. The second kappa shape index (κ2) is 3.86. The Morgan fingerprint density at radius 1 is 1.47 bits per heavy atom. The number of carbonyl (C=O) groups is 1. The Balaban J connectivity index is 2.57. The van der Waals surface area contributed by atoms with Gasteiger partial charge in [0.15, 0.2) is 11.4 Å². The molecule has 2 rings (SSSR count). The van der Waals surface area contributed by atoms with Gasteiger partial charge in [-0.2, -0.15) is 5.26 Å². The lowest BCUT2D eigenvalue weighted by molar-refractivity contribution is -0.136. The maximum atomic E-state index is 12.2. The Morgan fingerprint density at radius 2 is 2.18 bits per heavy atom. The molecular weight excluding hydrogens is 216 g/mol. The van der Waals surface area contributed by atoms with Crippen LogP contribution in [0.2, 0.25) is 0 Å². The second-order valence-electron chi connectivity index (χ2n) is 4.56. The molecule has 4 nitrogen and oxygen atoms in total. The number of ketones is 1. The molecule has 0 amide bonds. The van der Waals surface area contributed by atoms with E-state index in [1.807, 2.05) is 0 Å². The third-order valence-electron chi connectivity index (χ3n) is 2.96. The molecule has 1 atom stereocenters. The average Bonchev–Trinajstić information content (AvgIpc) is 2.30. The Morgan fingerprint density at radius 3 is 2.76 bits per heavy atom. The number of benzene rings is 1. The molecule has 1 unspecified atom stereocenters. The van der Waals surface area contributed by atoms with Crippen molar-refractivity contribution in [1.29, 1.82) is 5.26 Å². The lowest BCUT2D eigenvalue weighted by Crippen LogP contribution is -2.48. The van der Waals surface area contributed by atoms with Crippen molar-refractivity contribution in [2.24, 2.45) is 0 Å². The number of ether oxygens (including phenoxy) is 1. The molecule has 1 N–H and O–H groups in total. The molecule has 0 aliphatic carbocycles. The smallest absolute Gasteiger partial charge is 0.197 e. The minimum Gasteiger partial charge on any atom is -0.480 e. The Labute approximate surface area is 100 Å². The predicted octanol–water partition coefficient (Wildman–Crippen LogP) is 1.56. The summed E-state index contributed by atoms with van der Waals surface area (Å²) in [5, 5.41) is 11.8. The number of nitriles is 1. The van der Waals surface area contributed by atoms with Crippen molar-refractivity contribution in [3.63, 3.8) is 0 Å². The summed E-state index contributed by atoms with van der Waals surface area (Å²) < 4.78 is 5.66. The zero-order valence-electron chi connectivity index (χ0n) is 10.1. The van der Waals surface area contributed by atoms with Crippen LogP contribution in [0.4, 0.5) is 0 Å². The highest BCUT2D eigenvalue weighted by molar-refractivity contribution is 5.94. The van der Waals surface area contributed by atoms with Gasteiger partial charge in [0.1, 0.15) is 5.75 Å². The van der Waals surface area contributed by atoms with Crippen molar-refractivity contribution in [3.05, 3.63) is 29.3 Å². The fourth-order valence-electron chi connectivity index (χ4n) is 2.04. The van der Waals surface area contributed by atoms with E-state index in [1.54, 1.807) is 39.1 Å². The van der Waals surface area contributed by atoms with E-state index in [2.05, 4.69) is 11.4 Å². The van der Waals surface area contributed by atoms with Gasteiger partial charge in [-0.05, 0) is 39.1 Å². The monoisotopic (exact) mass is 230 g/mol. The molecule has 0 bridgehead atoms. The van der Waals surface area contributed by atoms with Crippen molar-refractivity contribution in [2.75, 3.05) is 7.05 Å². The highest BCUT2D eigenvalue weighted by Gasteiger charge is 2.41. The first-order chi connectivity index (χ1) is 7.99. The molecule has 0 aromatic heterocycles. The van der Waals surface area contributed by atoms with Gasteiger partial charge in [-0.25, -0.2) is 0 Å². The van der Waals surface area contributed by atoms with Crippen molar-refractivity contribution < 1.29 is 9.53 Å². The quantitative estimate of drug-likeness (QED) is 0.795. The molecule has 1 aromatic carbocycles. The van der Waals surface area contributed by atoms with Gasteiger partial charge in [0.2, 0.25) is 0 Å². The molecule has 1 heterocycles. The van der Waals surface area contributed by atoms with E-state index in [0.29, 0.717) is 11.3 Å². The van der Waals surface area contributed by atoms with Gasteiger partial charge in [0.25, 0.3) is 0 Å². The molecule has 0 fully saturated rings. The number of nitrogens with one attached hydrogen (secondary N) is 1. The summed E-state index contributed by atoms with van der Waals surface area (Å²) in [5.74, 6) is 0.635. The van der Waals surface area contributed by atoms with Crippen molar-refractivity contribution in [3.8, 4) is 11.8 Å². The van der Waals surface area contributed by atoms with Gasteiger partial charge in [-0.15, -0.1) is 0 Å². The Kier molecular flexibility index (Phi) is 2.64. The van der Waals surface area contributed by atoms with E-state index < -0.39 is 11.6 Å². The molecule has 0 saturated heterocycles. The highest BCUT2D eigenvalue weighted by atomic mass is 16.5. The molecule has 88 valence electrons. The number of carbonyl (C=O) groups excluding carboxylic acids is 1. The zero-order chi connectivity index (χ0) is 12.6. The molecule has 1 aliphatic heterocycles.